The van der Waals surface area contributed by atoms with Gasteiger partial charge in [0.05, 0.1) is 0 Å². The number of carbonyl (C=O) groups excluding carboxylic acids is 3. The van der Waals surface area contributed by atoms with Crippen molar-refractivity contribution in [2.24, 2.45) is 0 Å². The second kappa shape index (κ2) is 8.02. The predicted molar refractivity (Wildman–Crippen MR) is 87.1 cm³/mol. The van der Waals surface area contributed by atoms with Gasteiger partial charge in [-0.3, -0.25) is 20.4 Å². The van der Waals surface area contributed by atoms with E-state index in [0.29, 0.717) is 5.02 Å². The van der Waals surface area contributed by atoms with Crippen molar-refractivity contribution in [3.63, 3.8) is 0 Å². The number of phenols is 2. The van der Waals surface area contributed by atoms with Gasteiger partial charge in [0.15, 0.2) is 6.61 Å². The number of hydrazine groups is 1. The molecule has 0 heterocycles. The lowest BCUT2D eigenvalue weighted by Crippen LogP contribution is -2.43. The van der Waals surface area contributed by atoms with Crippen LogP contribution in [0.15, 0.2) is 42.5 Å². The van der Waals surface area contributed by atoms with E-state index in [4.69, 9.17) is 21.4 Å². The molecule has 0 spiro atoms. The number of amides is 2. The van der Waals surface area contributed by atoms with E-state index in [1.165, 1.54) is 30.3 Å². The van der Waals surface area contributed by atoms with Crippen molar-refractivity contribution in [3.8, 4) is 11.5 Å². The number of carbonyl (C=O) groups is 3. The Kier molecular flexibility index (Phi) is 5.80. The van der Waals surface area contributed by atoms with Crippen LogP contribution in [0.25, 0.3) is 0 Å². The molecule has 0 atom stereocenters. The predicted octanol–water partition coefficient (Wildman–Crippen LogP) is 1.37. The molecule has 0 saturated heterocycles. The highest BCUT2D eigenvalue weighted by Gasteiger charge is 2.15. The summed E-state index contributed by atoms with van der Waals surface area (Å²) in [6.07, 6.45) is 0. The number of nitrogens with one attached hydrogen (secondary N) is 2. The second-order valence-corrected chi connectivity index (χ2v) is 5.22. The fourth-order valence-electron chi connectivity index (χ4n) is 1.74. The van der Waals surface area contributed by atoms with Crippen LogP contribution in [0.1, 0.15) is 20.7 Å². The average molecular weight is 365 g/mol. The minimum Gasteiger partial charge on any atom is -0.508 e. The molecule has 8 nitrogen and oxygen atoms in total. The van der Waals surface area contributed by atoms with Gasteiger partial charge in [0, 0.05) is 16.7 Å². The smallest absolute Gasteiger partial charge is 0.342 e. The number of halogens is 1. The van der Waals surface area contributed by atoms with Gasteiger partial charge in [0.2, 0.25) is 0 Å². The lowest BCUT2D eigenvalue weighted by Gasteiger charge is -2.09. The summed E-state index contributed by atoms with van der Waals surface area (Å²) in [5.41, 5.74) is 4.28. The third kappa shape index (κ3) is 5.11. The summed E-state index contributed by atoms with van der Waals surface area (Å²) in [7, 11) is 0. The van der Waals surface area contributed by atoms with Crippen molar-refractivity contribution in [1.29, 1.82) is 0 Å². The van der Waals surface area contributed by atoms with Gasteiger partial charge < -0.3 is 14.9 Å². The Labute approximate surface area is 147 Å². The second-order valence-electron chi connectivity index (χ2n) is 4.79. The topological polar surface area (TPSA) is 125 Å². The van der Waals surface area contributed by atoms with Crippen LogP contribution in [0.3, 0.4) is 0 Å². The van der Waals surface area contributed by atoms with Crippen molar-refractivity contribution in [2.75, 3.05) is 6.61 Å². The Hall–Kier alpha value is -3.26. The van der Waals surface area contributed by atoms with Crippen molar-refractivity contribution >= 4 is 29.4 Å². The molecule has 0 aliphatic heterocycles. The quantitative estimate of drug-likeness (QED) is 0.479. The molecule has 0 aliphatic carbocycles. The van der Waals surface area contributed by atoms with Crippen LogP contribution in [0, 0.1) is 0 Å². The number of aromatic hydroxyl groups is 2. The van der Waals surface area contributed by atoms with E-state index in [1.807, 2.05) is 0 Å². The molecule has 4 N–H and O–H groups in total. The number of hydrogen-bond donors (Lipinski definition) is 4. The van der Waals surface area contributed by atoms with Gasteiger partial charge >= 0.3 is 5.97 Å². The van der Waals surface area contributed by atoms with Gasteiger partial charge in [-0.1, -0.05) is 11.6 Å². The van der Waals surface area contributed by atoms with Crippen molar-refractivity contribution < 1.29 is 29.3 Å². The third-order valence-corrected chi connectivity index (χ3v) is 3.21. The van der Waals surface area contributed by atoms with Crippen LogP contribution in [-0.4, -0.2) is 34.6 Å². The maximum atomic E-state index is 11.8. The summed E-state index contributed by atoms with van der Waals surface area (Å²) in [5, 5.41) is 19.1. The molecule has 0 fully saturated rings. The van der Waals surface area contributed by atoms with Gasteiger partial charge in [-0.25, -0.2) is 4.79 Å². The SMILES string of the molecule is O=C(COC(=O)c1ccc(O)cc1O)NNC(=O)c1ccc(Cl)cc1. The first-order chi connectivity index (χ1) is 11.9. The zero-order chi connectivity index (χ0) is 18.4. The Bertz CT molecular complexity index is 807. The fraction of sp³-hybridized carbons (Fsp3) is 0.0625. The van der Waals surface area contributed by atoms with Crippen molar-refractivity contribution in [2.45, 2.75) is 0 Å². The minimum absolute atomic E-state index is 0.212. The molecule has 0 aliphatic rings. The van der Waals surface area contributed by atoms with E-state index >= 15 is 0 Å². The van der Waals surface area contributed by atoms with Gasteiger partial charge in [-0.05, 0) is 36.4 Å². The molecule has 2 aromatic carbocycles. The first kappa shape index (κ1) is 18.1. The first-order valence-corrected chi connectivity index (χ1v) is 7.28. The van der Waals surface area contributed by atoms with Crippen LogP contribution in [0.4, 0.5) is 0 Å². The van der Waals surface area contributed by atoms with E-state index in [1.54, 1.807) is 0 Å². The Morgan fingerprint density at radius 2 is 1.68 bits per heavy atom. The molecule has 25 heavy (non-hydrogen) atoms. The summed E-state index contributed by atoms with van der Waals surface area (Å²) in [5.74, 6) is -3.03. The summed E-state index contributed by atoms with van der Waals surface area (Å²) >= 11 is 5.70. The van der Waals surface area contributed by atoms with Crippen LogP contribution in [0.2, 0.25) is 5.02 Å². The zero-order valence-corrected chi connectivity index (χ0v) is 13.4. The Morgan fingerprint density at radius 3 is 2.32 bits per heavy atom. The van der Waals surface area contributed by atoms with Crippen molar-refractivity contribution in [3.05, 3.63) is 58.6 Å². The molecule has 2 aromatic rings. The first-order valence-electron chi connectivity index (χ1n) is 6.90. The van der Waals surface area contributed by atoms with Gasteiger partial charge in [-0.15, -0.1) is 0 Å². The number of phenolic OH excluding ortho intramolecular Hbond substituents is 2. The van der Waals surface area contributed by atoms with Gasteiger partial charge in [-0.2, -0.15) is 0 Å². The lowest BCUT2D eigenvalue weighted by atomic mass is 10.2. The van der Waals surface area contributed by atoms with E-state index in [0.717, 1.165) is 12.1 Å². The van der Waals surface area contributed by atoms with Crippen molar-refractivity contribution in [1.82, 2.24) is 10.9 Å². The molecule has 0 unspecified atom stereocenters. The van der Waals surface area contributed by atoms with Gasteiger partial charge in [0.1, 0.15) is 17.1 Å². The van der Waals surface area contributed by atoms with E-state index < -0.39 is 30.1 Å². The standard InChI is InChI=1S/C16H13ClN2O6/c17-10-3-1-9(2-4-10)15(23)19-18-14(22)8-25-16(24)12-6-5-11(20)7-13(12)21/h1-7,20-21H,8H2,(H,18,22)(H,19,23). The molecule has 0 bridgehead atoms. The number of rotatable bonds is 4. The molecular formula is C16H13ClN2O6. The highest BCUT2D eigenvalue weighted by atomic mass is 35.5. The normalized spacial score (nSPS) is 9.96. The van der Waals surface area contributed by atoms with Gasteiger partial charge in [0.25, 0.3) is 11.8 Å². The number of esters is 1. The molecule has 2 rings (SSSR count). The molecule has 9 heteroatoms. The minimum atomic E-state index is -0.961. The lowest BCUT2D eigenvalue weighted by molar-refractivity contribution is -0.125. The number of hydrogen-bond acceptors (Lipinski definition) is 6. The summed E-state index contributed by atoms with van der Waals surface area (Å²) < 4.78 is 4.70. The zero-order valence-electron chi connectivity index (χ0n) is 12.7. The third-order valence-electron chi connectivity index (χ3n) is 2.96. The highest BCUT2D eigenvalue weighted by Crippen LogP contribution is 2.23. The summed E-state index contributed by atoms with van der Waals surface area (Å²) in [4.78, 5) is 35.1. The summed E-state index contributed by atoms with van der Waals surface area (Å²) in [6.45, 7) is -0.681. The number of ether oxygens (including phenoxy) is 1. The molecule has 0 aromatic heterocycles. The molecule has 0 radical (unpaired) electrons. The molecule has 2 amide bonds. The fourth-order valence-corrected chi connectivity index (χ4v) is 1.86. The summed E-state index contributed by atoms with van der Waals surface area (Å²) in [6, 6.07) is 9.27. The molecular weight excluding hydrogens is 352 g/mol. The van der Waals surface area contributed by atoms with E-state index in [2.05, 4.69) is 10.9 Å². The molecule has 130 valence electrons. The largest absolute Gasteiger partial charge is 0.508 e. The number of benzene rings is 2. The van der Waals surface area contributed by atoms with Crippen LogP contribution in [0.5, 0.6) is 11.5 Å². The van der Waals surface area contributed by atoms with E-state index in [9.17, 15) is 19.5 Å². The monoisotopic (exact) mass is 364 g/mol. The van der Waals surface area contributed by atoms with Crippen LogP contribution >= 0.6 is 11.6 Å². The van der Waals surface area contributed by atoms with Crippen LogP contribution in [-0.2, 0) is 9.53 Å². The average Bonchev–Trinajstić information content (AvgIpc) is 2.58. The Balaban J connectivity index is 1.81. The maximum Gasteiger partial charge on any atom is 0.342 e. The van der Waals surface area contributed by atoms with E-state index in [-0.39, 0.29) is 16.9 Å². The maximum absolute atomic E-state index is 11.8. The highest BCUT2D eigenvalue weighted by molar-refractivity contribution is 6.30. The Morgan fingerprint density at radius 1 is 1.00 bits per heavy atom. The molecule has 0 saturated carbocycles. The van der Waals surface area contributed by atoms with Crippen LogP contribution < -0.4 is 10.9 Å².